The molecule has 1 N–H and O–H groups in total. The Kier molecular flexibility index (Phi) is 3.85. The lowest BCUT2D eigenvalue weighted by atomic mass is 10.3. The molecule has 8 heteroatoms. The maximum atomic E-state index is 11.7. The van der Waals surface area contributed by atoms with Gasteiger partial charge in [0.1, 0.15) is 0 Å². The van der Waals surface area contributed by atoms with Crippen LogP contribution in [0.5, 0.6) is 0 Å². The summed E-state index contributed by atoms with van der Waals surface area (Å²) in [4.78, 5) is 10.7. The molecule has 7 nitrogen and oxygen atoms in total. The van der Waals surface area contributed by atoms with Gasteiger partial charge in [0.05, 0.1) is 19.2 Å². The van der Waals surface area contributed by atoms with Gasteiger partial charge in [-0.05, 0) is 6.92 Å². The van der Waals surface area contributed by atoms with Gasteiger partial charge in [-0.25, -0.2) is 13.2 Å². The van der Waals surface area contributed by atoms with Crippen LogP contribution in [0.15, 0.2) is 0 Å². The first-order valence-corrected chi connectivity index (χ1v) is 6.13. The van der Waals surface area contributed by atoms with Crippen LogP contribution in [0.1, 0.15) is 6.92 Å². The highest BCUT2D eigenvalue weighted by Gasteiger charge is 2.35. The molecule has 0 bridgehead atoms. The Morgan fingerprint density at radius 2 is 2.31 bits per heavy atom. The SMILES string of the molecule is CC(C#N)S(=O)(=O)N1CCOC(C(=O)O)C1. The average molecular weight is 248 g/mol. The number of morpholine rings is 1. The number of ether oxygens (including phenoxy) is 1. The van der Waals surface area contributed by atoms with E-state index >= 15 is 0 Å². The van der Waals surface area contributed by atoms with Crippen molar-refractivity contribution >= 4 is 16.0 Å². The van der Waals surface area contributed by atoms with Crippen molar-refractivity contribution in [2.24, 2.45) is 0 Å². The molecule has 1 fully saturated rings. The summed E-state index contributed by atoms with van der Waals surface area (Å²) < 4.78 is 29.4. The van der Waals surface area contributed by atoms with Crippen LogP contribution in [0.25, 0.3) is 0 Å². The standard InChI is InChI=1S/C8H12N2O5S/c1-6(4-9)16(13,14)10-2-3-15-7(5-10)8(11)12/h6-7H,2-3,5H2,1H3,(H,11,12). The summed E-state index contributed by atoms with van der Waals surface area (Å²) in [6.07, 6.45) is -1.16. The van der Waals surface area contributed by atoms with Crippen LogP contribution in [0.2, 0.25) is 0 Å². The molecule has 0 saturated carbocycles. The molecule has 1 saturated heterocycles. The van der Waals surface area contributed by atoms with Gasteiger partial charge in [-0.3, -0.25) is 0 Å². The predicted molar refractivity (Wildman–Crippen MR) is 52.9 cm³/mol. The number of aliphatic carboxylic acids is 1. The lowest BCUT2D eigenvalue weighted by Gasteiger charge is -2.30. The second-order valence-corrected chi connectivity index (χ2v) is 5.63. The Labute approximate surface area is 93.3 Å². The van der Waals surface area contributed by atoms with Crippen molar-refractivity contribution in [3.05, 3.63) is 0 Å². The molecular weight excluding hydrogens is 236 g/mol. The van der Waals surface area contributed by atoms with Crippen molar-refractivity contribution in [3.63, 3.8) is 0 Å². The largest absolute Gasteiger partial charge is 0.479 e. The Morgan fingerprint density at radius 3 is 2.81 bits per heavy atom. The summed E-state index contributed by atoms with van der Waals surface area (Å²) in [5.74, 6) is -1.20. The van der Waals surface area contributed by atoms with Gasteiger partial charge in [0, 0.05) is 6.54 Å². The Balaban J connectivity index is 2.83. The fraction of sp³-hybridized carbons (Fsp3) is 0.750. The molecule has 0 aliphatic carbocycles. The lowest BCUT2D eigenvalue weighted by Crippen LogP contribution is -2.50. The molecule has 1 rings (SSSR count). The molecule has 0 aromatic rings. The van der Waals surface area contributed by atoms with Crippen LogP contribution in [0, 0.1) is 11.3 Å². The van der Waals surface area contributed by atoms with E-state index in [4.69, 9.17) is 15.1 Å². The molecule has 2 unspecified atom stereocenters. The number of hydrogen-bond donors (Lipinski definition) is 1. The van der Waals surface area contributed by atoms with Gasteiger partial charge in [-0.1, -0.05) is 0 Å². The zero-order valence-electron chi connectivity index (χ0n) is 8.66. The van der Waals surface area contributed by atoms with E-state index in [1.165, 1.54) is 6.92 Å². The van der Waals surface area contributed by atoms with Crippen molar-refractivity contribution in [1.82, 2.24) is 4.31 Å². The molecule has 1 aliphatic rings. The summed E-state index contributed by atoms with van der Waals surface area (Å²) in [6, 6.07) is 1.63. The van der Waals surface area contributed by atoms with E-state index in [1.807, 2.05) is 0 Å². The van der Waals surface area contributed by atoms with E-state index in [0.717, 1.165) is 4.31 Å². The molecule has 0 aromatic heterocycles. The third kappa shape index (κ3) is 2.49. The monoisotopic (exact) mass is 248 g/mol. The average Bonchev–Trinajstić information content (AvgIpc) is 2.28. The zero-order valence-corrected chi connectivity index (χ0v) is 9.48. The Morgan fingerprint density at radius 1 is 1.69 bits per heavy atom. The molecule has 1 heterocycles. The van der Waals surface area contributed by atoms with Crippen LogP contribution < -0.4 is 0 Å². The maximum absolute atomic E-state index is 11.7. The Bertz CT molecular complexity index is 413. The smallest absolute Gasteiger partial charge is 0.334 e. The van der Waals surface area contributed by atoms with Crippen molar-refractivity contribution in [1.29, 1.82) is 5.26 Å². The van der Waals surface area contributed by atoms with Gasteiger partial charge < -0.3 is 9.84 Å². The van der Waals surface area contributed by atoms with Crippen LogP contribution >= 0.6 is 0 Å². The highest BCUT2D eigenvalue weighted by molar-refractivity contribution is 7.89. The van der Waals surface area contributed by atoms with Crippen molar-refractivity contribution in [2.75, 3.05) is 19.7 Å². The summed E-state index contributed by atoms with van der Waals surface area (Å²) in [6.45, 7) is 1.12. The minimum absolute atomic E-state index is 0.0222. The van der Waals surface area contributed by atoms with E-state index in [1.54, 1.807) is 6.07 Å². The highest BCUT2D eigenvalue weighted by atomic mass is 32.2. The fourth-order valence-electron chi connectivity index (χ4n) is 1.30. The lowest BCUT2D eigenvalue weighted by molar-refractivity contribution is -0.153. The third-order valence-electron chi connectivity index (χ3n) is 2.29. The number of carbonyl (C=O) groups is 1. The van der Waals surface area contributed by atoms with Crippen LogP contribution in [0.3, 0.4) is 0 Å². The number of rotatable bonds is 3. The minimum Gasteiger partial charge on any atom is -0.479 e. The predicted octanol–water partition coefficient (Wildman–Crippen LogP) is -0.986. The summed E-state index contributed by atoms with van der Waals surface area (Å²) in [5.41, 5.74) is 0. The first-order chi connectivity index (χ1) is 7.39. The molecule has 0 aromatic carbocycles. The van der Waals surface area contributed by atoms with Crippen LogP contribution in [-0.4, -0.2) is 54.8 Å². The van der Waals surface area contributed by atoms with E-state index < -0.39 is 27.3 Å². The van der Waals surface area contributed by atoms with Gasteiger partial charge in [-0.15, -0.1) is 0 Å². The van der Waals surface area contributed by atoms with Gasteiger partial charge >= 0.3 is 5.97 Å². The van der Waals surface area contributed by atoms with Gasteiger partial charge in [0.15, 0.2) is 11.4 Å². The van der Waals surface area contributed by atoms with E-state index in [9.17, 15) is 13.2 Å². The molecule has 1 aliphatic heterocycles. The molecule has 16 heavy (non-hydrogen) atoms. The first-order valence-electron chi connectivity index (χ1n) is 4.62. The summed E-state index contributed by atoms with van der Waals surface area (Å²) in [5, 5.41) is 16.1. The maximum Gasteiger partial charge on any atom is 0.334 e. The molecule has 0 spiro atoms. The molecule has 2 atom stereocenters. The number of sulfonamides is 1. The van der Waals surface area contributed by atoms with Gasteiger partial charge in [-0.2, -0.15) is 9.57 Å². The molecule has 90 valence electrons. The number of nitriles is 1. The van der Waals surface area contributed by atoms with E-state index in [0.29, 0.717) is 0 Å². The minimum atomic E-state index is -3.75. The summed E-state index contributed by atoms with van der Waals surface area (Å²) >= 11 is 0. The first kappa shape index (κ1) is 12.9. The second kappa shape index (κ2) is 4.78. The number of carboxylic acids is 1. The normalized spacial score (nSPS) is 24.6. The van der Waals surface area contributed by atoms with Crippen molar-refractivity contribution in [2.45, 2.75) is 18.3 Å². The van der Waals surface area contributed by atoms with Gasteiger partial charge in [0.25, 0.3) is 0 Å². The van der Waals surface area contributed by atoms with Gasteiger partial charge in [0.2, 0.25) is 10.0 Å². The molecule has 0 radical (unpaired) electrons. The number of carboxylic acid groups (broad SMARTS) is 1. The summed E-state index contributed by atoms with van der Waals surface area (Å²) in [7, 11) is -3.75. The van der Waals surface area contributed by atoms with E-state index in [-0.39, 0.29) is 19.7 Å². The topological polar surface area (TPSA) is 108 Å². The number of nitrogens with zero attached hydrogens (tertiary/aromatic N) is 2. The van der Waals surface area contributed by atoms with Crippen LogP contribution in [-0.2, 0) is 19.6 Å². The Hall–Kier alpha value is -1.17. The molecule has 0 amide bonds. The quantitative estimate of drug-likeness (QED) is 0.687. The van der Waals surface area contributed by atoms with Crippen LogP contribution in [0.4, 0.5) is 0 Å². The molecular formula is C8H12N2O5S. The third-order valence-corrected chi connectivity index (χ3v) is 4.34. The van der Waals surface area contributed by atoms with E-state index in [2.05, 4.69) is 0 Å². The van der Waals surface area contributed by atoms with Crippen molar-refractivity contribution < 1.29 is 23.1 Å². The highest BCUT2D eigenvalue weighted by Crippen LogP contribution is 2.14. The number of hydrogen-bond acceptors (Lipinski definition) is 5. The second-order valence-electron chi connectivity index (χ2n) is 3.37. The fourth-order valence-corrected chi connectivity index (χ4v) is 2.55. The van der Waals surface area contributed by atoms with Crippen molar-refractivity contribution in [3.8, 4) is 6.07 Å². The zero-order chi connectivity index (χ0) is 12.3.